The van der Waals surface area contributed by atoms with Crippen LogP contribution in [0.3, 0.4) is 0 Å². The minimum atomic E-state index is -1.17. The Balaban J connectivity index is 2.00. The fourth-order valence-electron chi connectivity index (χ4n) is 2.58. The van der Waals surface area contributed by atoms with Gasteiger partial charge in [0.2, 0.25) is 5.75 Å². The van der Waals surface area contributed by atoms with E-state index in [9.17, 15) is 29.6 Å². The van der Waals surface area contributed by atoms with E-state index >= 15 is 0 Å². The first kappa shape index (κ1) is 18.6. The molecule has 10 heteroatoms. The fraction of sp³-hybridized carbons (Fsp3) is 0.0556. The molecule has 0 aliphatic rings. The van der Waals surface area contributed by atoms with E-state index in [1.807, 2.05) is 0 Å². The number of hydrogen-bond donors (Lipinski definition) is 3. The molecule has 142 valence electrons. The molecule has 1 aromatic heterocycles. The summed E-state index contributed by atoms with van der Waals surface area (Å²) in [5.74, 6) is -2.05. The number of carbonyl (C=O) groups excluding carboxylic acids is 1. The van der Waals surface area contributed by atoms with E-state index in [4.69, 9.17) is 0 Å². The summed E-state index contributed by atoms with van der Waals surface area (Å²) in [4.78, 5) is 47.4. The van der Waals surface area contributed by atoms with E-state index < -0.39 is 38.9 Å². The first-order valence-electron chi connectivity index (χ1n) is 8.04. The van der Waals surface area contributed by atoms with Crippen LogP contribution in [0.4, 0.5) is 5.69 Å². The van der Waals surface area contributed by atoms with Crippen molar-refractivity contribution >= 4 is 11.6 Å². The number of nitrogens with one attached hydrogen (secondary N) is 2. The maximum atomic E-state index is 12.4. The van der Waals surface area contributed by atoms with Gasteiger partial charge in [-0.1, -0.05) is 42.5 Å². The lowest BCUT2D eigenvalue weighted by Gasteiger charge is -2.10. The molecule has 0 unspecified atom stereocenters. The Morgan fingerprint density at radius 3 is 2.43 bits per heavy atom. The third-order valence-corrected chi connectivity index (χ3v) is 3.93. The number of amides is 1. The third-order valence-electron chi connectivity index (χ3n) is 3.93. The Hall–Kier alpha value is -4.21. The molecule has 1 amide bonds. The van der Waals surface area contributed by atoms with Crippen molar-refractivity contribution in [3.05, 3.63) is 96.5 Å². The maximum Gasteiger partial charge on any atom is 0.313 e. The number of hydrogen-bond acceptors (Lipinski definition) is 6. The van der Waals surface area contributed by atoms with Crippen molar-refractivity contribution < 1.29 is 14.8 Å². The van der Waals surface area contributed by atoms with E-state index in [0.29, 0.717) is 4.68 Å². The number of aromatic nitrogens is 2. The topological polar surface area (TPSA) is 147 Å². The number of nitrogens with zero attached hydrogens (tertiary/aromatic N) is 2. The van der Waals surface area contributed by atoms with Crippen molar-refractivity contribution in [1.82, 2.24) is 15.1 Å². The number of aromatic amines is 1. The SMILES string of the molecule is O=C(NCc1ccccc1)c1c(O)c(=O)n(-c2ccccc2[N+](=O)[O-])[nH]c1=O. The van der Waals surface area contributed by atoms with Crippen molar-refractivity contribution in [3.8, 4) is 11.4 Å². The molecule has 10 nitrogen and oxygen atoms in total. The van der Waals surface area contributed by atoms with Crippen molar-refractivity contribution in [1.29, 1.82) is 0 Å². The van der Waals surface area contributed by atoms with Crippen LogP contribution < -0.4 is 16.4 Å². The summed E-state index contributed by atoms with van der Waals surface area (Å²) in [6, 6.07) is 14.0. The quantitative estimate of drug-likeness (QED) is 0.444. The summed E-state index contributed by atoms with van der Waals surface area (Å²) in [5.41, 5.74) is -2.96. The van der Waals surface area contributed by atoms with Crippen molar-refractivity contribution in [3.63, 3.8) is 0 Å². The van der Waals surface area contributed by atoms with Crippen LogP contribution in [0.1, 0.15) is 15.9 Å². The van der Waals surface area contributed by atoms with Gasteiger partial charge in [-0.2, -0.15) is 0 Å². The standard InChI is InChI=1S/C18H14N4O6/c23-15-14(16(24)19-10-11-6-2-1-3-7-11)17(25)20-21(18(15)26)12-8-4-5-9-13(12)22(27)28/h1-9,23H,10H2,(H,19,24)(H,20,25). The average Bonchev–Trinajstić information content (AvgIpc) is 2.70. The van der Waals surface area contributed by atoms with Crippen LogP contribution in [-0.4, -0.2) is 25.7 Å². The Morgan fingerprint density at radius 2 is 1.75 bits per heavy atom. The molecule has 1 heterocycles. The number of carbonyl (C=O) groups is 1. The zero-order valence-electron chi connectivity index (χ0n) is 14.3. The maximum absolute atomic E-state index is 12.4. The summed E-state index contributed by atoms with van der Waals surface area (Å²) in [7, 11) is 0. The molecule has 3 aromatic rings. The zero-order valence-corrected chi connectivity index (χ0v) is 14.3. The number of rotatable bonds is 5. The van der Waals surface area contributed by atoms with Gasteiger partial charge in [0.15, 0.2) is 5.56 Å². The van der Waals surface area contributed by atoms with Gasteiger partial charge in [0.1, 0.15) is 5.69 Å². The predicted octanol–water partition coefficient (Wildman–Crippen LogP) is 1.07. The Kier molecular flexibility index (Phi) is 5.03. The Labute approximate surface area is 156 Å². The molecular weight excluding hydrogens is 368 g/mol. The van der Waals surface area contributed by atoms with Gasteiger partial charge < -0.3 is 10.4 Å². The molecule has 28 heavy (non-hydrogen) atoms. The van der Waals surface area contributed by atoms with E-state index in [-0.39, 0.29) is 12.2 Å². The fourth-order valence-corrected chi connectivity index (χ4v) is 2.58. The lowest BCUT2D eigenvalue weighted by Crippen LogP contribution is -2.36. The number of H-pyrrole nitrogens is 1. The monoisotopic (exact) mass is 382 g/mol. The third kappa shape index (κ3) is 3.51. The molecule has 3 rings (SSSR count). The molecule has 0 saturated carbocycles. The minimum absolute atomic E-state index is 0.0752. The summed E-state index contributed by atoms with van der Waals surface area (Å²) in [6.45, 7) is 0.0752. The highest BCUT2D eigenvalue weighted by Crippen LogP contribution is 2.20. The molecule has 0 atom stereocenters. The highest BCUT2D eigenvalue weighted by atomic mass is 16.6. The van der Waals surface area contributed by atoms with E-state index in [2.05, 4.69) is 10.4 Å². The van der Waals surface area contributed by atoms with Gasteiger partial charge in [0.05, 0.1) is 4.92 Å². The second kappa shape index (κ2) is 7.58. The normalized spacial score (nSPS) is 10.4. The number of para-hydroxylation sites is 2. The summed E-state index contributed by atoms with van der Waals surface area (Å²) in [5, 5.41) is 25.8. The van der Waals surface area contributed by atoms with Gasteiger partial charge in [-0.15, -0.1) is 0 Å². The van der Waals surface area contributed by atoms with Crippen LogP contribution in [0.25, 0.3) is 5.69 Å². The first-order chi connectivity index (χ1) is 13.4. The molecule has 2 aromatic carbocycles. The van der Waals surface area contributed by atoms with Crippen LogP contribution in [0.2, 0.25) is 0 Å². The second-order valence-corrected chi connectivity index (χ2v) is 5.72. The lowest BCUT2D eigenvalue weighted by molar-refractivity contribution is -0.384. The molecule has 0 aliphatic heterocycles. The van der Waals surface area contributed by atoms with Gasteiger partial charge in [-0.3, -0.25) is 29.6 Å². The Bertz CT molecular complexity index is 1170. The number of nitro groups is 1. The lowest BCUT2D eigenvalue weighted by atomic mass is 10.2. The van der Waals surface area contributed by atoms with Crippen LogP contribution >= 0.6 is 0 Å². The molecule has 0 radical (unpaired) electrons. The summed E-state index contributed by atoms with van der Waals surface area (Å²) in [6.07, 6.45) is 0. The number of aromatic hydroxyl groups is 1. The van der Waals surface area contributed by atoms with Gasteiger partial charge in [0.25, 0.3) is 17.2 Å². The van der Waals surface area contributed by atoms with Gasteiger partial charge >= 0.3 is 5.56 Å². The van der Waals surface area contributed by atoms with Crippen LogP contribution in [0.15, 0.2) is 64.2 Å². The van der Waals surface area contributed by atoms with Gasteiger partial charge in [0, 0.05) is 12.6 Å². The Morgan fingerprint density at radius 1 is 1.11 bits per heavy atom. The van der Waals surface area contributed by atoms with E-state index in [0.717, 1.165) is 11.6 Å². The summed E-state index contributed by atoms with van der Waals surface area (Å²) < 4.78 is 0.532. The molecule has 3 N–H and O–H groups in total. The van der Waals surface area contributed by atoms with Crippen molar-refractivity contribution in [2.45, 2.75) is 6.54 Å². The predicted molar refractivity (Wildman–Crippen MR) is 98.6 cm³/mol. The number of benzene rings is 2. The van der Waals surface area contributed by atoms with Gasteiger partial charge in [-0.05, 0) is 11.6 Å². The molecular formula is C18H14N4O6. The van der Waals surface area contributed by atoms with Crippen molar-refractivity contribution in [2.75, 3.05) is 0 Å². The molecule has 0 fully saturated rings. The summed E-state index contributed by atoms with van der Waals surface area (Å²) >= 11 is 0. The smallest absolute Gasteiger partial charge is 0.313 e. The van der Waals surface area contributed by atoms with Crippen LogP contribution in [0, 0.1) is 10.1 Å². The van der Waals surface area contributed by atoms with Crippen molar-refractivity contribution in [2.24, 2.45) is 0 Å². The molecule has 0 saturated heterocycles. The second-order valence-electron chi connectivity index (χ2n) is 5.72. The number of nitro benzene ring substituents is 1. The highest BCUT2D eigenvalue weighted by Gasteiger charge is 2.24. The molecule has 0 spiro atoms. The first-order valence-corrected chi connectivity index (χ1v) is 8.04. The zero-order chi connectivity index (χ0) is 20.3. The van der Waals surface area contributed by atoms with Crippen LogP contribution in [0.5, 0.6) is 5.75 Å². The van der Waals surface area contributed by atoms with Crippen LogP contribution in [-0.2, 0) is 6.54 Å². The highest BCUT2D eigenvalue weighted by molar-refractivity contribution is 5.96. The largest absolute Gasteiger partial charge is 0.502 e. The molecule has 0 bridgehead atoms. The van der Waals surface area contributed by atoms with E-state index in [1.165, 1.54) is 18.2 Å². The molecule has 0 aliphatic carbocycles. The minimum Gasteiger partial charge on any atom is -0.502 e. The van der Waals surface area contributed by atoms with Gasteiger partial charge in [-0.25, -0.2) is 4.68 Å². The average molecular weight is 382 g/mol. The van der Waals surface area contributed by atoms with E-state index in [1.54, 1.807) is 30.3 Å².